The molecule has 0 aliphatic rings. The Bertz CT molecular complexity index is 584. The van der Waals surface area contributed by atoms with E-state index in [1.807, 2.05) is 45.0 Å². The molecule has 0 bridgehead atoms. The van der Waals surface area contributed by atoms with Crippen molar-refractivity contribution in [3.63, 3.8) is 0 Å². The molecule has 0 saturated carbocycles. The molecular weight excluding hydrogens is 226 g/mol. The van der Waals surface area contributed by atoms with Gasteiger partial charge in [0.1, 0.15) is 0 Å². The molecule has 0 spiro atoms. The number of aryl methyl sites for hydroxylation is 1. The molecule has 0 aliphatic carbocycles. The normalized spacial score (nSPS) is 11.8. The van der Waals surface area contributed by atoms with Gasteiger partial charge in [-0.15, -0.1) is 0 Å². The second-order valence-corrected chi connectivity index (χ2v) is 5.00. The lowest BCUT2D eigenvalue weighted by atomic mass is 9.82. The van der Waals surface area contributed by atoms with E-state index in [-0.39, 0.29) is 5.91 Å². The highest BCUT2D eigenvalue weighted by Crippen LogP contribution is 2.33. The summed E-state index contributed by atoms with van der Waals surface area (Å²) >= 11 is 0. The van der Waals surface area contributed by atoms with E-state index >= 15 is 0 Å². The average molecular weight is 245 g/mol. The summed E-state index contributed by atoms with van der Waals surface area (Å²) < 4.78 is 0. The monoisotopic (exact) mass is 245 g/mol. The number of aromatic nitrogens is 1. The zero-order chi connectivity index (χ0) is 13.3. The van der Waals surface area contributed by atoms with Crippen molar-refractivity contribution in [2.45, 2.75) is 26.2 Å². The summed E-state index contributed by atoms with van der Waals surface area (Å²) in [5.74, 6) is -0.0437. The number of hydrogen-bond donors (Lipinski definition) is 3. The minimum atomic E-state index is -0.591. The summed E-state index contributed by atoms with van der Waals surface area (Å²) in [4.78, 5) is 15.5. The van der Waals surface area contributed by atoms with Crippen LogP contribution in [0.25, 0.3) is 10.9 Å². The Hall–Kier alpha value is -1.81. The molecule has 0 aliphatic heterocycles. The number of hydrogen-bond acceptors (Lipinski definition) is 2. The van der Waals surface area contributed by atoms with Gasteiger partial charge < -0.3 is 4.98 Å². The Morgan fingerprint density at radius 2 is 1.94 bits per heavy atom. The van der Waals surface area contributed by atoms with Crippen molar-refractivity contribution < 1.29 is 4.79 Å². The number of rotatable bonds is 3. The first-order valence-corrected chi connectivity index (χ1v) is 6.03. The van der Waals surface area contributed by atoms with Crippen molar-refractivity contribution in [1.82, 2.24) is 15.8 Å². The van der Waals surface area contributed by atoms with Crippen LogP contribution in [-0.2, 0) is 10.2 Å². The SMILES string of the molecule is CNNC(=O)C(C)(C)c1c(C)[nH]c2ccccc12. The molecule has 18 heavy (non-hydrogen) atoms. The molecule has 2 aromatic rings. The molecule has 0 atom stereocenters. The standard InChI is InChI=1S/C14H19N3O/c1-9-12(14(2,3)13(18)17-15-4)10-7-5-6-8-11(10)16-9/h5-8,15-16H,1-4H3,(H,17,18). The third kappa shape index (κ3) is 1.88. The molecule has 1 heterocycles. The number of H-pyrrole nitrogens is 1. The number of nitrogens with one attached hydrogen (secondary N) is 3. The maximum Gasteiger partial charge on any atom is 0.244 e. The third-order valence-electron chi connectivity index (χ3n) is 3.32. The molecule has 2 rings (SSSR count). The molecule has 1 aromatic carbocycles. The first-order chi connectivity index (χ1) is 8.48. The van der Waals surface area contributed by atoms with Gasteiger partial charge in [0, 0.05) is 23.6 Å². The maximum atomic E-state index is 12.2. The Kier molecular flexibility index (Phi) is 3.13. The number of aromatic amines is 1. The van der Waals surface area contributed by atoms with E-state index in [4.69, 9.17) is 0 Å². The first kappa shape index (κ1) is 12.6. The number of hydrazine groups is 1. The van der Waals surface area contributed by atoms with Gasteiger partial charge in [-0.05, 0) is 32.4 Å². The molecule has 0 unspecified atom stereocenters. The predicted octanol–water partition coefficient (Wildman–Crippen LogP) is 2.00. The van der Waals surface area contributed by atoms with Crippen LogP contribution in [0.3, 0.4) is 0 Å². The van der Waals surface area contributed by atoms with Gasteiger partial charge in [-0.3, -0.25) is 10.2 Å². The number of para-hydroxylation sites is 1. The fourth-order valence-electron chi connectivity index (χ4n) is 2.47. The van der Waals surface area contributed by atoms with Gasteiger partial charge in [-0.2, -0.15) is 0 Å². The molecule has 96 valence electrons. The number of carbonyl (C=O) groups excluding carboxylic acids is 1. The molecule has 1 aromatic heterocycles. The van der Waals surface area contributed by atoms with E-state index < -0.39 is 5.41 Å². The van der Waals surface area contributed by atoms with Crippen LogP contribution in [0.1, 0.15) is 25.1 Å². The molecule has 0 saturated heterocycles. The Balaban J connectivity index is 2.59. The Labute approximate surface area is 107 Å². The van der Waals surface area contributed by atoms with E-state index in [1.165, 1.54) is 0 Å². The molecule has 1 amide bonds. The highest BCUT2D eigenvalue weighted by atomic mass is 16.2. The largest absolute Gasteiger partial charge is 0.358 e. The van der Waals surface area contributed by atoms with E-state index in [9.17, 15) is 4.79 Å². The molecule has 0 fully saturated rings. The lowest BCUT2D eigenvalue weighted by molar-refractivity contribution is -0.126. The predicted molar refractivity (Wildman–Crippen MR) is 73.3 cm³/mol. The van der Waals surface area contributed by atoms with E-state index in [0.29, 0.717) is 0 Å². The van der Waals surface area contributed by atoms with E-state index in [2.05, 4.69) is 15.8 Å². The fourth-order valence-corrected chi connectivity index (χ4v) is 2.47. The van der Waals surface area contributed by atoms with Crippen LogP contribution < -0.4 is 10.9 Å². The molecule has 4 nitrogen and oxygen atoms in total. The quantitative estimate of drug-likeness (QED) is 0.724. The molecule has 3 N–H and O–H groups in total. The van der Waals surface area contributed by atoms with Gasteiger partial charge in [-0.25, -0.2) is 5.43 Å². The van der Waals surface area contributed by atoms with E-state index in [0.717, 1.165) is 22.2 Å². The van der Waals surface area contributed by atoms with Crippen molar-refractivity contribution >= 4 is 16.8 Å². The number of amides is 1. The molecular formula is C14H19N3O. The van der Waals surface area contributed by atoms with Crippen LogP contribution in [0, 0.1) is 6.92 Å². The maximum absolute atomic E-state index is 12.2. The number of carbonyl (C=O) groups is 1. The van der Waals surface area contributed by atoms with Gasteiger partial charge in [0.15, 0.2) is 0 Å². The Morgan fingerprint density at radius 3 is 2.61 bits per heavy atom. The summed E-state index contributed by atoms with van der Waals surface area (Å²) in [7, 11) is 1.69. The summed E-state index contributed by atoms with van der Waals surface area (Å²) in [6, 6.07) is 8.05. The fraction of sp³-hybridized carbons (Fsp3) is 0.357. The average Bonchev–Trinajstić information content (AvgIpc) is 2.65. The van der Waals surface area contributed by atoms with Gasteiger partial charge in [-0.1, -0.05) is 18.2 Å². The molecule has 4 heteroatoms. The topological polar surface area (TPSA) is 56.9 Å². The van der Waals surface area contributed by atoms with E-state index in [1.54, 1.807) is 7.05 Å². The summed E-state index contributed by atoms with van der Waals surface area (Å²) in [5.41, 5.74) is 7.91. The zero-order valence-corrected chi connectivity index (χ0v) is 11.2. The lowest BCUT2D eigenvalue weighted by Gasteiger charge is -2.24. The number of fused-ring (bicyclic) bond motifs is 1. The van der Waals surface area contributed by atoms with Gasteiger partial charge in [0.25, 0.3) is 0 Å². The highest BCUT2D eigenvalue weighted by Gasteiger charge is 2.33. The smallest absolute Gasteiger partial charge is 0.244 e. The van der Waals surface area contributed by atoms with Crippen LogP contribution in [0.4, 0.5) is 0 Å². The minimum Gasteiger partial charge on any atom is -0.358 e. The summed E-state index contributed by atoms with van der Waals surface area (Å²) in [5, 5.41) is 1.10. The zero-order valence-electron chi connectivity index (χ0n) is 11.2. The Morgan fingerprint density at radius 1 is 1.28 bits per heavy atom. The van der Waals surface area contributed by atoms with Gasteiger partial charge in [0.05, 0.1) is 5.41 Å². The second-order valence-electron chi connectivity index (χ2n) is 5.00. The minimum absolute atomic E-state index is 0.0437. The van der Waals surface area contributed by atoms with Crippen molar-refractivity contribution in [3.05, 3.63) is 35.5 Å². The van der Waals surface area contributed by atoms with Crippen molar-refractivity contribution in [1.29, 1.82) is 0 Å². The van der Waals surface area contributed by atoms with Crippen molar-refractivity contribution in [2.24, 2.45) is 0 Å². The second kappa shape index (κ2) is 4.46. The van der Waals surface area contributed by atoms with Crippen molar-refractivity contribution in [2.75, 3.05) is 7.05 Å². The van der Waals surface area contributed by atoms with Crippen LogP contribution in [-0.4, -0.2) is 17.9 Å². The highest BCUT2D eigenvalue weighted by molar-refractivity contribution is 5.95. The first-order valence-electron chi connectivity index (χ1n) is 6.03. The van der Waals surface area contributed by atoms with Gasteiger partial charge in [0.2, 0.25) is 5.91 Å². The van der Waals surface area contributed by atoms with Crippen LogP contribution >= 0.6 is 0 Å². The van der Waals surface area contributed by atoms with Crippen LogP contribution in [0.5, 0.6) is 0 Å². The van der Waals surface area contributed by atoms with Crippen LogP contribution in [0.2, 0.25) is 0 Å². The third-order valence-corrected chi connectivity index (χ3v) is 3.32. The summed E-state index contributed by atoms with van der Waals surface area (Å²) in [6.07, 6.45) is 0. The van der Waals surface area contributed by atoms with Crippen LogP contribution in [0.15, 0.2) is 24.3 Å². The number of benzene rings is 1. The van der Waals surface area contributed by atoms with Gasteiger partial charge >= 0.3 is 0 Å². The summed E-state index contributed by atoms with van der Waals surface area (Å²) in [6.45, 7) is 5.87. The molecule has 0 radical (unpaired) electrons. The van der Waals surface area contributed by atoms with Crippen molar-refractivity contribution in [3.8, 4) is 0 Å². The lowest BCUT2D eigenvalue weighted by Crippen LogP contribution is -2.45.